The first kappa shape index (κ1) is 25.0. The highest BCUT2D eigenvalue weighted by atomic mass is 15.1. The molecule has 1 nitrogen and oxygen atoms in total. The quantitative estimate of drug-likeness (QED) is 0.610. The minimum atomic E-state index is 0. The molecule has 0 atom stereocenters. The van der Waals surface area contributed by atoms with Gasteiger partial charge in [0.2, 0.25) is 0 Å². The van der Waals surface area contributed by atoms with Crippen LogP contribution in [0.1, 0.15) is 53.7 Å². The van der Waals surface area contributed by atoms with E-state index in [1.54, 1.807) is 0 Å². The van der Waals surface area contributed by atoms with Crippen LogP contribution < -0.4 is 4.90 Å². The van der Waals surface area contributed by atoms with Crippen molar-refractivity contribution in [1.82, 2.24) is 0 Å². The zero-order chi connectivity index (χ0) is 12.4. The molecule has 0 saturated carbocycles. The van der Waals surface area contributed by atoms with E-state index >= 15 is 0 Å². The molecule has 0 aliphatic rings. The predicted molar refractivity (Wildman–Crippen MR) is 86.4 cm³/mol. The lowest BCUT2D eigenvalue weighted by molar-refractivity contribution is 1.10. The molecule has 1 aromatic rings. The van der Waals surface area contributed by atoms with E-state index in [0.717, 1.165) is 0 Å². The van der Waals surface area contributed by atoms with Gasteiger partial charge >= 0.3 is 0 Å². The average molecular weight is 241 g/mol. The SMILES string of the molecule is C.C.CC.CC.Cc1cccc(C)c1N(C)C. The van der Waals surface area contributed by atoms with Gasteiger partial charge in [0.15, 0.2) is 0 Å². The number of aryl methyl sites for hydroxylation is 2. The zero-order valence-electron chi connectivity index (χ0n) is 11.7. The van der Waals surface area contributed by atoms with Gasteiger partial charge < -0.3 is 4.90 Å². The van der Waals surface area contributed by atoms with Crippen LogP contribution in [-0.2, 0) is 0 Å². The third kappa shape index (κ3) is 8.79. The second-order valence-electron chi connectivity index (χ2n) is 3.13. The Hall–Kier alpha value is -0.980. The molecule has 1 aromatic carbocycles. The summed E-state index contributed by atoms with van der Waals surface area (Å²) in [6.07, 6.45) is 0. The lowest BCUT2D eigenvalue weighted by Crippen LogP contribution is -2.11. The summed E-state index contributed by atoms with van der Waals surface area (Å²) >= 11 is 0. The fourth-order valence-corrected chi connectivity index (χ4v) is 1.51. The predicted octanol–water partition coefficient (Wildman–Crippen LogP) is 5.69. The van der Waals surface area contributed by atoms with Crippen LogP contribution in [0.25, 0.3) is 0 Å². The van der Waals surface area contributed by atoms with Gasteiger partial charge in [0.1, 0.15) is 0 Å². The summed E-state index contributed by atoms with van der Waals surface area (Å²) in [7, 11) is 4.16. The first-order valence-corrected chi connectivity index (χ1v) is 5.86. The normalized spacial score (nSPS) is 7.06. The second-order valence-corrected chi connectivity index (χ2v) is 3.13. The first-order chi connectivity index (χ1) is 7.13. The lowest BCUT2D eigenvalue weighted by Gasteiger charge is -2.17. The van der Waals surface area contributed by atoms with E-state index in [4.69, 9.17) is 0 Å². The molecule has 0 aromatic heterocycles. The number of nitrogens with zero attached hydrogens (tertiary/aromatic N) is 1. The average Bonchev–Trinajstić information content (AvgIpc) is 2.23. The van der Waals surface area contributed by atoms with Crippen LogP contribution in [0.15, 0.2) is 18.2 Å². The minimum absolute atomic E-state index is 0. The van der Waals surface area contributed by atoms with Gasteiger partial charge in [-0.15, -0.1) is 0 Å². The van der Waals surface area contributed by atoms with E-state index in [9.17, 15) is 0 Å². The molecular weight excluding hydrogens is 206 g/mol. The molecule has 0 radical (unpaired) electrons. The van der Waals surface area contributed by atoms with Gasteiger partial charge in [-0.3, -0.25) is 0 Å². The van der Waals surface area contributed by atoms with Crippen molar-refractivity contribution in [2.24, 2.45) is 0 Å². The minimum Gasteiger partial charge on any atom is -0.377 e. The van der Waals surface area contributed by atoms with Crippen molar-refractivity contribution in [2.75, 3.05) is 19.0 Å². The Labute approximate surface area is 111 Å². The highest BCUT2D eigenvalue weighted by Crippen LogP contribution is 2.21. The van der Waals surface area contributed by atoms with E-state index < -0.39 is 0 Å². The topological polar surface area (TPSA) is 3.24 Å². The van der Waals surface area contributed by atoms with Crippen molar-refractivity contribution >= 4 is 5.69 Å². The van der Waals surface area contributed by atoms with E-state index in [0.29, 0.717) is 0 Å². The molecule has 104 valence electrons. The Balaban J connectivity index is -0.000000128. The molecule has 0 aliphatic carbocycles. The van der Waals surface area contributed by atoms with Crippen molar-refractivity contribution in [3.63, 3.8) is 0 Å². The number of rotatable bonds is 1. The third-order valence-electron chi connectivity index (χ3n) is 1.89. The molecule has 0 amide bonds. The third-order valence-corrected chi connectivity index (χ3v) is 1.89. The molecule has 0 fully saturated rings. The monoisotopic (exact) mass is 241 g/mol. The maximum Gasteiger partial charge on any atom is 0.0420 e. The number of hydrogen-bond donors (Lipinski definition) is 0. The molecule has 0 unspecified atom stereocenters. The standard InChI is InChI=1S/C10H15N.2C2H6.2CH4/c1-8-6-5-7-9(2)10(8)11(3)4;2*1-2;;/h5-7H,1-4H3;2*1-2H3;2*1H4. The van der Waals surface area contributed by atoms with Crippen LogP contribution in [0.3, 0.4) is 0 Å². The van der Waals surface area contributed by atoms with E-state index in [1.807, 2.05) is 27.7 Å². The summed E-state index contributed by atoms with van der Waals surface area (Å²) in [5.41, 5.74) is 4.03. The van der Waals surface area contributed by atoms with Gasteiger partial charge in [-0.1, -0.05) is 60.7 Å². The van der Waals surface area contributed by atoms with Crippen molar-refractivity contribution < 1.29 is 0 Å². The Morgan fingerprint density at radius 1 is 0.765 bits per heavy atom. The van der Waals surface area contributed by atoms with E-state index in [2.05, 4.69) is 51.0 Å². The number of anilines is 1. The van der Waals surface area contributed by atoms with Gasteiger partial charge in [0.05, 0.1) is 0 Å². The van der Waals surface area contributed by atoms with Gasteiger partial charge in [-0.25, -0.2) is 0 Å². The van der Waals surface area contributed by atoms with Crippen molar-refractivity contribution in [1.29, 1.82) is 0 Å². The first-order valence-electron chi connectivity index (χ1n) is 5.86. The molecular formula is C16H35N. The molecule has 0 saturated heterocycles. The van der Waals surface area contributed by atoms with Crippen LogP contribution in [0.5, 0.6) is 0 Å². The molecule has 17 heavy (non-hydrogen) atoms. The van der Waals surface area contributed by atoms with E-state index in [-0.39, 0.29) is 14.9 Å². The molecule has 0 heterocycles. The number of benzene rings is 1. The molecule has 0 aliphatic heterocycles. The van der Waals surface area contributed by atoms with Crippen LogP contribution in [-0.4, -0.2) is 14.1 Å². The van der Waals surface area contributed by atoms with Gasteiger partial charge in [-0.05, 0) is 25.0 Å². The van der Waals surface area contributed by atoms with Crippen molar-refractivity contribution in [3.8, 4) is 0 Å². The van der Waals surface area contributed by atoms with Crippen molar-refractivity contribution in [2.45, 2.75) is 56.4 Å². The summed E-state index contributed by atoms with van der Waals surface area (Å²) in [6, 6.07) is 6.38. The van der Waals surface area contributed by atoms with Gasteiger partial charge in [-0.2, -0.15) is 0 Å². The number of hydrogen-bond acceptors (Lipinski definition) is 1. The van der Waals surface area contributed by atoms with Gasteiger partial charge in [0, 0.05) is 19.8 Å². The van der Waals surface area contributed by atoms with Gasteiger partial charge in [0.25, 0.3) is 0 Å². The Morgan fingerprint density at radius 3 is 1.24 bits per heavy atom. The Bertz CT molecular complexity index is 231. The molecule has 0 bridgehead atoms. The molecule has 1 rings (SSSR count). The second kappa shape index (κ2) is 15.0. The number of para-hydroxylation sites is 1. The van der Waals surface area contributed by atoms with Crippen LogP contribution >= 0.6 is 0 Å². The Morgan fingerprint density at radius 2 is 1.06 bits per heavy atom. The van der Waals surface area contributed by atoms with Crippen LogP contribution in [0.2, 0.25) is 0 Å². The maximum absolute atomic E-state index is 2.16. The molecule has 1 heteroatoms. The summed E-state index contributed by atoms with van der Waals surface area (Å²) in [5, 5.41) is 0. The fraction of sp³-hybridized carbons (Fsp3) is 0.625. The molecule has 0 N–H and O–H groups in total. The lowest BCUT2D eigenvalue weighted by atomic mass is 10.1. The van der Waals surface area contributed by atoms with E-state index in [1.165, 1.54) is 16.8 Å². The summed E-state index contributed by atoms with van der Waals surface area (Å²) in [4.78, 5) is 2.16. The zero-order valence-corrected chi connectivity index (χ0v) is 11.7. The van der Waals surface area contributed by atoms with Crippen LogP contribution in [0.4, 0.5) is 5.69 Å². The smallest absolute Gasteiger partial charge is 0.0420 e. The maximum atomic E-state index is 2.16. The van der Waals surface area contributed by atoms with Crippen molar-refractivity contribution in [3.05, 3.63) is 29.3 Å². The summed E-state index contributed by atoms with van der Waals surface area (Å²) in [6.45, 7) is 12.3. The highest BCUT2D eigenvalue weighted by molar-refractivity contribution is 5.57. The Kier molecular flexibility index (Phi) is 22.1. The largest absolute Gasteiger partial charge is 0.377 e. The summed E-state index contributed by atoms with van der Waals surface area (Å²) in [5.74, 6) is 0. The highest BCUT2D eigenvalue weighted by Gasteiger charge is 2.01. The van der Waals surface area contributed by atoms with Crippen LogP contribution in [0, 0.1) is 13.8 Å². The fourth-order valence-electron chi connectivity index (χ4n) is 1.51. The summed E-state index contributed by atoms with van der Waals surface area (Å²) < 4.78 is 0. The molecule has 0 spiro atoms.